The first kappa shape index (κ1) is 15.6. The SMILES string of the molecule is CNC(=O)c1ccc(F)c(Nc2nc3cc(Cl)c(Cl)cc3o2)c1. The van der Waals surface area contributed by atoms with E-state index in [0.29, 0.717) is 26.7 Å². The van der Waals surface area contributed by atoms with Crippen molar-refractivity contribution in [2.45, 2.75) is 0 Å². The van der Waals surface area contributed by atoms with E-state index in [1.807, 2.05) is 0 Å². The van der Waals surface area contributed by atoms with Crippen LogP contribution < -0.4 is 10.6 Å². The molecule has 0 radical (unpaired) electrons. The Morgan fingerprint density at radius 2 is 1.96 bits per heavy atom. The van der Waals surface area contributed by atoms with Gasteiger partial charge in [0.25, 0.3) is 11.9 Å². The molecule has 0 spiro atoms. The molecule has 0 bridgehead atoms. The molecule has 0 saturated carbocycles. The van der Waals surface area contributed by atoms with Gasteiger partial charge in [0.15, 0.2) is 5.58 Å². The van der Waals surface area contributed by atoms with Crippen molar-refractivity contribution in [3.63, 3.8) is 0 Å². The molecular formula is C15H10Cl2FN3O2. The van der Waals surface area contributed by atoms with E-state index in [2.05, 4.69) is 15.6 Å². The molecule has 0 atom stereocenters. The summed E-state index contributed by atoms with van der Waals surface area (Å²) in [6.45, 7) is 0. The van der Waals surface area contributed by atoms with Crippen LogP contribution in [-0.2, 0) is 0 Å². The highest BCUT2D eigenvalue weighted by atomic mass is 35.5. The number of nitrogens with one attached hydrogen (secondary N) is 2. The molecule has 1 heterocycles. The number of anilines is 2. The van der Waals surface area contributed by atoms with Gasteiger partial charge < -0.3 is 15.1 Å². The molecule has 23 heavy (non-hydrogen) atoms. The van der Waals surface area contributed by atoms with Crippen LogP contribution in [0.25, 0.3) is 11.1 Å². The van der Waals surface area contributed by atoms with Crippen LogP contribution in [0.4, 0.5) is 16.1 Å². The van der Waals surface area contributed by atoms with Crippen LogP contribution in [0.3, 0.4) is 0 Å². The quantitative estimate of drug-likeness (QED) is 0.733. The molecule has 3 rings (SSSR count). The summed E-state index contributed by atoms with van der Waals surface area (Å²) in [6, 6.07) is 7.06. The summed E-state index contributed by atoms with van der Waals surface area (Å²) in [5.41, 5.74) is 1.25. The number of rotatable bonds is 3. The van der Waals surface area contributed by atoms with E-state index < -0.39 is 5.82 Å². The van der Waals surface area contributed by atoms with E-state index in [4.69, 9.17) is 27.6 Å². The molecule has 1 aromatic heterocycles. The minimum absolute atomic E-state index is 0.0614. The molecule has 0 aliphatic heterocycles. The topological polar surface area (TPSA) is 67.2 Å². The van der Waals surface area contributed by atoms with Gasteiger partial charge in [0.1, 0.15) is 11.3 Å². The van der Waals surface area contributed by atoms with Gasteiger partial charge in [-0.3, -0.25) is 4.79 Å². The van der Waals surface area contributed by atoms with Crippen LogP contribution in [-0.4, -0.2) is 17.9 Å². The van der Waals surface area contributed by atoms with Gasteiger partial charge >= 0.3 is 0 Å². The predicted molar refractivity (Wildman–Crippen MR) is 87.1 cm³/mol. The third-order valence-electron chi connectivity index (χ3n) is 3.13. The molecule has 0 saturated heterocycles. The molecule has 118 valence electrons. The van der Waals surface area contributed by atoms with Crippen molar-refractivity contribution in [1.29, 1.82) is 0 Å². The van der Waals surface area contributed by atoms with Gasteiger partial charge in [0, 0.05) is 18.7 Å². The Morgan fingerprint density at radius 1 is 1.22 bits per heavy atom. The van der Waals surface area contributed by atoms with Crippen LogP contribution in [0.5, 0.6) is 0 Å². The Bertz CT molecular complexity index is 872. The number of hydrogen-bond acceptors (Lipinski definition) is 4. The molecular weight excluding hydrogens is 344 g/mol. The van der Waals surface area contributed by atoms with Crippen molar-refractivity contribution in [3.05, 3.63) is 51.8 Å². The molecule has 2 aromatic carbocycles. The first-order valence-electron chi connectivity index (χ1n) is 6.52. The first-order chi connectivity index (χ1) is 11.0. The summed E-state index contributed by atoms with van der Waals surface area (Å²) in [5.74, 6) is -0.875. The van der Waals surface area contributed by atoms with Crippen molar-refractivity contribution in [2.24, 2.45) is 0 Å². The maximum Gasteiger partial charge on any atom is 0.300 e. The number of carbonyl (C=O) groups is 1. The lowest BCUT2D eigenvalue weighted by molar-refractivity contribution is 0.0963. The van der Waals surface area contributed by atoms with Gasteiger partial charge in [-0.1, -0.05) is 23.2 Å². The fourth-order valence-electron chi connectivity index (χ4n) is 2.00. The number of oxazole rings is 1. The standard InChI is InChI=1S/C15H10Cl2FN3O2/c1-19-14(22)7-2-3-10(18)11(4-7)20-15-21-12-5-8(16)9(17)6-13(12)23-15/h2-6H,1H3,(H,19,22)(H,20,21). The van der Waals surface area contributed by atoms with Crippen molar-refractivity contribution in [1.82, 2.24) is 10.3 Å². The van der Waals surface area contributed by atoms with Gasteiger partial charge in [-0.15, -0.1) is 0 Å². The third-order valence-corrected chi connectivity index (χ3v) is 3.85. The maximum absolute atomic E-state index is 13.9. The smallest absolute Gasteiger partial charge is 0.300 e. The summed E-state index contributed by atoms with van der Waals surface area (Å²) in [5, 5.41) is 5.84. The van der Waals surface area contributed by atoms with E-state index in [-0.39, 0.29) is 17.6 Å². The van der Waals surface area contributed by atoms with Gasteiger partial charge in [-0.2, -0.15) is 4.98 Å². The zero-order valence-electron chi connectivity index (χ0n) is 11.8. The molecule has 8 heteroatoms. The lowest BCUT2D eigenvalue weighted by Crippen LogP contribution is -2.17. The Kier molecular flexibility index (Phi) is 4.11. The zero-order valence-corrected chi connectivity index (χ0v) is 13.3. The van der Waals surface area contributed by atoms with Crippen LogP contribution in [0.15, 0.2) is 34.7 Å². The summed E-state index contributed by atoms with van der Waals surface area (Å²) in [6.07, 6.45) is 0. The predicted octanol–water partition coefficient (Wildman–Crippen LogP) is 4.38. The molecule has 0 unspecified atom stereocenters. The van der Waals surface area contributed by atoms with E-state index in [1.54, 1.807) is 6.07 Å². The van der Waals surface area contributed by atoms with Gasteiger partial charge in [-0.05, 0) is 24.3 Å². The zero-order chi connectivity index (χ0) is 16.6. The number of hydrogen-bond donors (Lipinski definition) is 2. The number of amides is 1. The van der Waals surface area contributed by atoms with Crippen LogP contribution in [0, 0.1) is 5.82 Å². The van der Waals surface area contributed by atoms with Crippen LogP contribution >= 0.6 is 23.2 Å². The highest BCUT2D eigenvalue weighted by molar-refractivity contribution is 6.42. The fraction of sp³-hybridized carbons (Fsp3) is 0.0667. The second kappa shape index (κ2) is 6.06. The molecule has 0 aliphatic carbocycles. The second-order valence-corrected chi connectivity index (χ2v) is 5.47. The van der Waals surface area contributed by atoms with Crippen molar-refractivity contribution >= 4 is 51.9 Å². The summed E-state index contributed by atoms with van der Waals surface area (Å²) < 4.78 is 19.4. The Balaban J connectivity index is 1.97. The van der Waals surface area contributed by atoms with E-state index in [1.165, 1.54) is 31.3 Å². The molecule has 0 aliphatic rings. The van der Waals surface area contributed by atoms with Gasteiger partial charge in [0.05, 0.1) is 15.7 Å². The lowest BCUT2D eigenvalue weighted by atomic mass is 10.2. The van der Waals surface area contributed by atoms with E-state index in [9.17, 15) is 9.18 Å². The summed E-state index contributed by atoms with van der Waals surface area (Å²) >= 11 is 11.8. The minimum Gasteiger partial charge on any atom is -0.423 e. The van der Waals surface area contributed by atoms with Crippen molar-refractivity contribution < 1.29 is 13.6 Å². The number of aromatic nitrogens is 1. The van der Waals surface area contributed by atoms with Gasteiger partial charge in [-0.25, -0.2) is 4.39 Å². The largest absolute Gasteiger partial charge is 0.423 e. The highest BCUT2D eigenvalue weighted by Crippen LogP contribution is 2.30. The normalized spacial score (nSPS) is 10.8. The fourth-order valence-corrected chi connectivity index (χ4v) is 2.31. The average Bonchev–Trinajstić information content (AvgIpc) is 2.90. The third kappa shape index (κ3) is 3.09. The monoisotopic (exact) mass is 353 g/mol. The maximum atomic E-state index is 13.9. The number of nitrogens with zero attached hydrogens (tertiary/aromatic N) is 1. The molecule has 3 aromatic rings. The number of fused-ring (bicyclic) bond motifs is 1. The first-order valence-corrected chi connectivity index (χ1v) is 7.28. The van der Waals surface area contributed by atoms with Crippen molar-refractivity contribution in [2.75, 3.05) is 12.4 Å². The van der Waals surface area contributed by atoms with E-state index in [0.717, 1.165) is 0 Å². The van der Waals surface area contributed by atoms with E-state index >= 15 is 0 Å². The number of halogens is 3. The lowest BCUT2D eigenvalue weighted by Gasteiger charge is -2.06. The van der Waals surface area contributed by atoms with Gasteiger partial charge in [0.2, 0.25) is 0 Å². The number of carbonyl (C=O) groups excluding carboxylic acids is 1. The Morgan fingerprint density at radius 3 is 2.70 bits per heavy atom. The Hall–Kier alpha value is -2.31. The number of benzene rings is 2. The molecule has 2 N–H and O–H groups in total. The van der Waals surface area contributed by atoms with Crippen LogP contribution in [0.2, 0.25) is 10.0 Å². The highest BCUT2D eigenvalue weighted by Gasteiger charge is 2.13. The summed E-state index contributed by atoms with van der Waals surface area (Å²) in [4.78, 5) is 15.8. The molecule has 1 amide bonds. The Labute approximate surface area is 140 Å². The molecule has 0 fully saturated rings. The molecule has 5 nitrogen and oxygen atoms in total. The summed E-state index contributed by atoms with van der Waals surface area (Å²) in [7, 11) is 1.49. The second-order valence-electron chi connectivity index (χ2n) is 4.65. The average molecular weight is 354 g/mol. The van der Waals surface area contributed by atoms with Crippen molar-refractivity contribution in [3.8, 4) is 0 Å². The minimum atomic E-state index is -0.545. The van der Waals surface area contributed by atoms with Crippen LogP contribution in [0.1, 0.15) is 10.4 Å².